The van der Waals surface area contributed by atoms with E-state index in [0.29, 0.717) is 6.54 Å². The summed E-state index contributed by atoms with van der Waals surface area (Å²) in [5.41, 5.74) is 4.27. The first-order valence-electron chi connectivity index (χ1n) is 3.05. The molecule has 0 unspecified atom stereocenters. The zero-order valence-corrected chi connectivity index (χ0v) is 5.83. The van der Waals surface area contributed by atoms with Gasteiger partial charge in [0, 0.05) is 0 Å². The summed E-state index contributed by atoms with van der Waals surface area (Å²) in [7, 11) is 0. The van der Waals surface area contributed by atoms with Crippen LogP contribution in [0.4, 0.5) is 0 Å². The zero-order valence-electron chi connectivity index (χ0n) is 5.83. The van der Waals surface area contributed by atoms with E-state index in [1.807, 2.05) is 19.1 Å². The van der Waals surface area contributed by atoms with Crippen LogP contribution in [0.2, 0.25) is 0 Å². The lowest BCUT2D eigenvalue weighted by Crippen LogP contribution is -2.21. The summed E-state index contributed by atoms with van der Waals surface area (Å²) in [6.45, 7) is 2.46. The topological polar surface area (TPSA) is 63.8 Å². The van der Waals surface area contributed by atoms with Gasteiger partial charge in [-0.2, -0.15) is 10.2 Å². The summed E-state index contributed by atoms with van der Waals surface area (Å²) < 4.78 is 0. The van der Waals surface area contributed by atoms with E-state index in [0.717, 1.165) is 11.4 Å². The van der Waals surface area contributed by atoms with Crippen LogP contribution in [0.3, 0.4) is 0 Å². The Morgan fingerprint density at radius 3 is 2.80 bits per heavy atom. The van der Waals surface area contributed by atoms with E-state index >= 15 is 0 Å². The first-order chi connectivity index (χ1) is 4.83. The molecule has 0 spiro atoms. The minimum atomic E-state index is 0.563. The van der Waals surface area contributed by atoms with Crippen molar-refractivity contribution in [3.05, 3.63) is 23.5 Å². The Morgan fingerprint density at radius 2 is 2.30 bits per heavy atom. The van der Waals surface area contributed by atoms with Crippen LogP contribution in [0.15, 0.2) is 12.1 Å². The second-order valence-electron chi connectivity index (χ2n) is 2.05. The van der Waals surface area contributed by atoms with E-state index in [-0.39, 0.29) is 0 Å². The zero-order chi connectivity index (χ0) is 7.40. The maximum absolute atomic E-state index is 5.08. The van der Waals surface area contributed by atoms with Gasteiger partial charge in [-0.05, 0) is 19.1 Å². The third-order valence-electron chi connectivity index (χ3n) is 1.14. The van der Waals surface area contributed by atoms with Gasteiger partial charge in [-0.1, -0.05) is 0 Å². The first-order valence-corrected chi connectivity index (χ1v) is 3.05. The van der Waals surface area contributed by atoms with E-state index in [4.69, 9.17) is 5.84 Å². The first kappa shape index (κ1) is 7.11. The van der Waals surface area contributed by atoms with Crippen molar-refractivity contribution in [2.45, 2.75) is 13.5 Å². The molecule has 1 heterocycles. The van der Waals surface area contributed by atoms with Crippen molar-refractivity contribution in [1.29, 1.82) is 0 Å². The number of aromatic nitrogens is 2. The SMILES string of the molecule is Cc1ccc(CNN)nn1. The van der Waals surface area contributed by atoms with Crippen molar-refractivity contribution in [3.63, 3.8) is 0 Å². The Labute approximate surface area is 59.4 Å². The average Bonchev–Trinajstić information content (AvgIpc) is 1.95. The molecule has 0 radical (unpaired) electrons. The molecule has 1 aromatic heterocycles. The quantitative estimate of drug-likeness (QED) is 0.437. The van der Waals surface area contributed by atoms with Gasteiger partial charge in [-0.15, -0.1) is 0 Å². The second kappa shape index (κ2) is 3.24. The molecule has 0 aliphatic carbocycles. The van der Waals surface area contributed by atoms with Crippen LogP contribution in [-0.2, 0) is 6.54 Å². The number of nitrogens with zero attached hydrogens (tertiary/aromatic N) is 2. The van der Waals surface area contributed by atoms with Gasteiger partial charge in [0.15, 0.2) is 0 Å². The Balaban J connectivity index is 2.69. The van der Waals surface area contributed by atoms with Gasteiger partial charge in [-0.3, -0.25) is 11.3 Å². The van der Waals surface area contributed by atoms with Crippen LogP contribution in [0, 0.1) is 6.92 Å². The molecule has 1 rings (SSSR count). The van der Waals surface area contributed by atoms with Gasteiger partial charge < -0.3 is 0 Å². The maximum atomic E-state index is 5.08. The lowest BCUT2D eigenvalue weighted by molar-refractivity contribution is 0.706. The molecule has 0 aliphatic heterocycles. The molecule has 0 aromatic carbocycles. The van der Waals surface area contributed by atoms with E-state index in [2.05, 4.69) is 15.6 Å². The largest absolute Gasteiger partial charge is 0.271 e. The van der Waals surface area contributed by atoms with Gasteiger partial charge in [0.2, 0.25) is 0 Å². The normalized spacial score (nSPS) is 9.80. The Kier molecular flexibility index (Phi) is 2.30. The molecule has 0 amide bonds. The highest BCUT2D eigenvalue weighted by Gasteiger charge is 1.90. The van der Waals surface area contributed by atoms with Crippen LogP contribution in [0.25, 0.3) is 0 Å². The van der Waals surface area contributed by atoms with E-state index in [9.17, 15) is 0 Å². The summed E-state index contributed by atoms with van der Waals surface area (Å²) in [4.78, 5) is 0. The van der Waals surface area contributed by atoms with Crippen molar-refractivity contribution >= 4 is 0 Å². The average molecular weight is 138 g/mol. The van der Waals surface area contributed by atoms with Crippen molar-refractivity contribution in [3.8, 4) is 0 Å². The highest BCUT2D eigenvalue weighted by molar-refractivity contribution is 5.04. The highest BCUT2D eigenvalue weighted by Crippen LogP contribution is 1.92. The van der Waals surface area contributed by atoms with E-state index in [1.54, 1.807) is 0 Å². The third-order valence-corrected chi connectivity index (χ3v) is 1.14. The molecule has 0 bridgehead atoms. The van der Waals surface area contributed by atoms with E-state index < -0.39 is 0 Å². The molecule has 0 aliphatic rings. The van der Waals surface area contributed by atoms with Crippen LogP contribution in [-0.4, -0.2) is 10.2 Å². The van der Waals surface area contributed by atoms with Crippen molar-refractivity contribution in [2.75, 3.05) is 0 Å². The standard InChI is InChI=1S/C6H10N4/c1-5-2-3-6(4-8-7)10-9-5/h2-3,8H,4,7H2,1H3. The number of nitrogens with two attached hydrogens (primary N) is 1. The summed E-state index contributed by atoms with van der Waals surface area (Å²) in [6, 6.07) is 3.79. The lowest BCUT2D eigenvalue weighted by atomic mass is 10.3. The molecule has 4 nitrogen and oxygen atoms in total. The molecule has 10 heavy (non-hydrogen) atoms. The van der Waals surface area contributed by atoms with Gasteiger partial charge >= 0.3 is 0 Å². The van der Waals surface area contributed by atoms with Crippen molar-refractivity contribution < 1.29 is 0 Å². The predicted octanol–water partition coefficient (Wildman–Crippen LogP) is -0.252. The minimum absolute atomic E-state index is 0.563. The molecular weight excluding hydrogens is 128 g/mol. The highest BCUT2D eigenvalue weighted by atomic mass is 15.2. The number of nitrogens with one attached hydrogen (secondary N) is 1. The molecule has 54 valence electrons. The Morgan fingerprint density at radius 1 is 1.50 bits per heavy atom. The second-order valence-corrected chi connectivity index (χ2v) is 2.05. The van der Waals surface area contributed by atoms with Crippen LogP contribution in [0.1, 0.15) is 11.4 Å². The summed E-state index contributed by atoms with van der Waals surface area (Å²) >= 11 is 0. The summed E-state index contributed by atoms with van der Waals surface area (Å²) in [5.74, 6) is 5.08. The number of hydrogen-bond donors (Lipinski definition) is 2. The smallest absolute Gasteiger partial charge is 0.0783 e. The third kappa shape index (κ3) is 1.75. The van der Waals surface area contributed by atoms with Crippen LogP contribution >= 0.6 is 0 Å². The number of aryl methyl sites for hydroxylation is 1. The minimum Gasteiger partial charge on any atom is -0.271 e. The lowest BCUT2D eigenvalue weighted by Gasteiger charge is -1.96. The van der Waals surface area contributed by atoms with Gasteiger partial charge in [0.05, 0.1) is 17.9 Å². The molecule has 0 saturated carbocycles. The molecule has 3 N–H and O–H groups in total. The number of hydrogen-bond acceptors (Lipinski definition) is 4. The van der Waals surface area contributed by atoms with E-state index in [1.165, 1.54) is 0 Å². The monoisotopic (exact) mass is 138 g/mol. The number of rotatable bonds is 2. The Bertz CT molecular complexity index is 193. The fourth-order valence-corrected chi connectivity index (χ4v) is 0.625. The number of hydrazine groups is 1. The molecule has 0 atom stereocenters. The fraction of sp³-hybridized carbons (Fsp3) is 0.333. The van der Waals surface area contributed by atoms with Gasteiger partial charge in [0.25, 0.3) is 0 Å². The van der Waals surface area contributed by atoms with Crippen molar-refractivity contribution in [2.24, 2.45) is 5.84 Å². The maximum Gasteiger partial charge on any atom is 0.0783 e. The van der Waals surface area contributed by atoms with Crippen LogP contribution in [0.5, 0.6) is 0 Å². The molecule has 1 aromatic rings. The van der Waals surface area contributed by atoms with Gasteiger partial charge in [0.1, 0.15) is 0 Å². The molecule has 0 saturated heterocycles. The Hall–Kier alpha value is -1.00. The van der Waals surface area contributed by atoms with Gasteiger partial charge in [-0.25, -0.2) is 0 Å². The molecule has 4 heteroatoms. The fourth-order valence-electron chi connectivity index (χ4n) is 0.625. The molecule has 0 fully saturated rings. The predicted molar refractivity (Wildman–Crippen MR) is 37.8 cm³/mol. The summed E-state index contributed by atoms with van der Waals surface area (Å²) in [6.07, 6.45) is 0. The molecular formula is C6H10N4. The summed E-state index contributed by atoms with van der Waals surface area (Å²) in [5, 5.41) is 7.73. The van der Waals surface area contributed by atoms with Crippen molar-refractivity contribution in [1.82, 2.24) is 15.6 Å². The van der Waals surface area contributed by atoms with Crippen LogP contribution < -0.4 is 11.3 Å².